The molecule has 13 nitrogen and oxygen atoms in total. The number of rotatable bonds is 4. The molecular weight excluding hydrogens is 504 g/mol. The Kier molecular flexibility index (Phi) is 4.94. The van der Waals surface area contributed by atoms with Gasteiger partial charge in [0, 0.05) is 18.4 Å². The van der Waals surface area contributed by atoms with Crippen molar-refractivity contribution < 1.29 is 29.2 Å². The van der Waals surface area contributed by atoms with E-state index in [0.717, 1.165) is 36.1 Å². The van der Waals surface area contributed by atoms with Crippen molar-refractivity contribution in [2.24, 2.45) is 16.5 Å². The summed E-state index contributed by atoms with van der Waals surface area (Å²) in [5, 5.41) is 32.3. The highest BCUT2D eigenvalue weighted by molar-refractivity contribution is 6.02. The number of nitrogens with zero attached hydrogens (tertiary/aromatic N) is 3. The molecule has 4 heterocycles. The molecule has 1 aromatic carbocycles. The van der Waals surface area contributed by atoms with Crippen molar-refractivity contribution in [3.8, 4) is 0 Å². The molecule has 2 aliphatic carbocycles. The van der Waals surface area contributed by atoms with Gasteiger partial charge in [-0.05, 0) is 48.3 Å². The number of nitrogens with one attached hydrogen (secondary N) is 3. The third-order valence-corrected chi connectivity index (χ3v) is 9.86. The number of amides is 3. The van der Waals surface area contributed by atoms with Crippen molar-refractivity contribution in [1.82, 2.24) is 20.9 Å². The average molecular weight is 538 g/mol. The second kappa shape index (κ2) is 7.92. The van der Waals surface area contributed by atoms with Crippen LogP contribution in [-0.2, 0) is 21.4 Å². The highest BCUT2D eigenvalue weighted by atomic mass is 16.5. The van der Waals surface area contributed by atoms with Crippen LogP contribution in [0.2, 0.25) is 0 Å². The normalized spacial score (nSPS) is 33.2. The average Bonchev–Trinajstić information content (AvgIpc) is 3.58. The maximum absolute atomic E-state index is 13.6. The first-order valence-corrected chi connectivity index (χ1v) is 13.6. The predicted octanol–water partition coefficient (Wildman–Crippen LogP) is -2.72. The Balaban J connectivity index is 1.19. The standard InChI is InChI=1S/C26H32N8O5/c27-22-31-20-16(11-33-18(35)5-6-19(33)36)29-23(28)34-12-17(26(38,39)25(20,34)32-22)30-21(37)14-3-1-4-15-13(14)7-10-24(15)8-2-9-24/h1,3-4,16-17,20,38-39H,2,5-12H2,(H6,27,28,29,30,31,32,37)/p+1/t16-,17?,20-,25-/m0/s1. The van der Waals surface area contributed by atoms with Gasteiger partial charge in [-0.3, -0.25) is 30.3 Å². The quantitative estimate of drug-likeness (QED) is 0.121. The summed E-state index contributed by atoms with van der Waals surface area (Å²) >= 11 is 0. The first-order chi connectivity index (χ1) is 18.6. The van der Waals surface area contributed by atoms with E-state index in [-0.39, 0.29) is 55.1 Å². The summed E-state index contributed by atoms with van der Waals surface area (Å²) in [6.45, 7) is -0.112. The van der Waals surface area contributed by atoms with Crippen molar-refractivity contribution in [2.75, 3.05) is 13.1 Å². The number of aliphatic hydroxyl groups is 2. The highest BCUT2D eigenvalue weighted by Gasteiger charge is 2.75. The molecule has 1 saturated carbocycles. The van der Waals surface area contributed by atoms with Crippen LogP contribution < -0.4 is 27.4 Å². The van der Waals surface area contributed by atoms with Crippen molar-refractivity contribution in [2.45, 2.75) is 79.9 Å². The highest BCUT2D eigenvalue weighted by Crippen LogP contribution is 2.53. The second-order valence-corrected chi connectivity index (χ2v) is 11.7. The Morgan fingerprint density at radius 1 is 1.15 bits per heavy atom. The monoisotopic (exact) mass is 537 g/mol. The number of hydrogen-bond donors (Lipinski definition) is 7. The van der Waals surface area contributed by atoms with Crippen LogP contribution in [0.5, 0.6) is 0 Å². The molecule has 6 aliphatic rings. The summed E-state index contributed by atoms with van der Waals surface area (Å²) in [5.41, 5.74) is 13.7. The predicted molar refractivity (Wildman–Crippen MR) is 137 cm³/mol. The molecule has 4 aliphatic heterocycles. The molecule has 2 spiro atoms. The van der Waals surface area contributed by atoms with Crippen molar-refractivity contribution in [3.63, 3.8) is 0 Å². The van der Waals surface area contributed by atoms with Crippen LogP contribution >= 0.6 is 0 Å². The van der Waals surface area contributed by atoms with E-state index in [1.54, 1.807) is 6.07 Å². The summed E-state index contributed by atoms with van der Waals surface area (Å²) in [6, 6.07) is 2.94. The van der Waals surface area contributed by atoms with E-state index in [0.29, 0.717) is 5.56 Å². The summed E-state index contributed by atoms with van der Waals surface area (Å²) in [7, 11) is 0. The van der Waals surface area contributed by atoms with Gasteiger partial charge in [-0.25, -0.2) is 9.57 Å². The van der Waals surface area contributed by atoms with Gasteiger partial charge in [-0.15, -0.1) is 0 Å². The van der Waals surface area contributed by atoms with Crippen LogP contribution in [-0.4, -0.2) is 92.0 Å². The molecule has 7 rings (SSSR count). The zero-order valence-corrected chi connectivity index (χ0v) is 21.4. The molecule has 0 aromatic heterocycles. The number of nitrogens with two attached hydrogens (primary N) is 2. The van der Waals surface area contributed by atoms with Gasteiger partial charge in [0.25, 0.3) is 5.91 Å². The Hall–Kier alpha value is -3.71. The molecule has 1 unspecified atom stereocenters. The lowest BCUT2D eigenvalue weighted by Crippen LogP contribution is -2.79. The summed E-state index contributed by atoms with van der Waals surface area (Å²) < 4.78 is 1.51. The number of imide groups is 1. The fourth-order valence-corrected chi connectivity index (χ4v) is 7.75. The number of carbonyl (C=O) groups excluding carboxylic acids is 3. The molecule has 13 heteroatoms. The Morgan fingerprint density at radius 3 is 2.59 bits per heavy atom. The maximum Gasteiger partial charge on any atom is 0.346 e. The molecular formula is C26H33N8O5+. The first kappa shape index (κ1) is 24.3. The van der Waals surface area contributed by atoms with E-state index in [4.69, 9.17) is 11.5 Å². The number of aliphatic imine (C=N–C) groups is 1. The van der Waals surface area contributed by atoms with Crippen LogP contribution in [0.25, 0.3) is 0 Å². The third-order valence-electron chi connectivity index (χ3n) is 9.86. The van der Waals surface area contributed by atoms with E-state index in [1.165, 1.54) is 16.6 Å². The molecule has 206 valence electrons. The minimum absolute atomic E-state index is 0.0445. The number of benzene rings is 1. The van der Waals surface area contributed by atoms with E-state index in [2.05, 4.69) is 27.0 Å². The molecule has 3 fully saturated rings. The van der Waals surface area contributed by atoms with E-state index in [9.17, 15) is 24.6 Å². The van der Waals surface area contributed by atoms with Crippen molar-refractivity contribution in [3.05, 3.63) is 34.9 Å². The van der Waals surface area contributed by atoms with Gasteiger partial charge in [-0.2, -0.15) is 0 Å². The summed E-state index contributed by atoms with van der Waals surface area (Å²) in [6.07, 6.45) is 5.55. The maximum atomic E-state index is 13.6. The van der Waals surface area contributed by atoms with Gasteiger partial charge in [0.05, 0.1) is 13.1 Å². The number of hydrogen-bond acceptors (Lipinski definition) is 10. The van der Waals surface area contributed by atoms with Crippen LogP contribution in [0.4, 0.5) is 0 Å². The van der Waals surface area contributed by atoms with Crippen molar-refractivity contribution in [1.29, 1.82) is 0 Å². The van der Waals surface area contributed by atoms with Gasteiger partial charge in [-0.1, -0.05) is 18.6 Å². The van der Waals surface area contributed by atoms with Gasteiger partial charge in [0.15, 0.2) is 5.96 Å². The SMILES string of the molecule is NC1=N[C@H]2[C@H](CN3C(=O)CCC3=O)NC(N)=[N+]3CC(NC(=O)c4cccc5c4CCC54CCC4)C(O)(O)[C@]23N1. The zero-order valence-electron chi connectivity index (χ0n) is 21.4. The smallest absolute Gasteiger partial charge is 0.346 e. The minimum Gasteiger partial charge on any atom is -0.370 e. The third kappa shape index (κ3) is 3.11. The van der Waals surface area contributed by atoms with Crippen LogP contribution in [0.1, 0.15) is 60.0 Å². The number of fused-ring (bicyclic) bond motifs is 2. The molecule has 3 amide bonds. The number of guanidine groups is 2. The zero-order chi connectivity index (χ0) is 27.3. The second-order valence-electron chi connectivity index (χ2n) is 11.7. The Bertz CT molecular complexity index is 1370. The Labute approximate surface area is 224 Å². The minimum atomic E-state index is -2.57. The number of likely N-dealkylation sites (tertiary alicyclic amines) is 1. The Morgan fingerprint density at radius 2 is 1.90 bits per heavy atom. The van der Waals surface area contributed by atoms with Gasteiger partial charge < -0.3 is 26.6 Å². The first-order valence-electron chi connectivity index (χ1n) is 13.6. The molecule has 0 bridgehead atoms. The summed E-state index contributed by atoms with van der Waals surface area (Å²) in [4.78, 5) is 43.8. The van der Waals surface area contributed by atoms with Crippen LogP contribution in [0.15, 0.2) is 23.2 Å². The van der Waals surface area contributed by atoms with E-state index < -0.39 is 35.5 Å². The molecule has 2 saturated heterocycles. The van der Waals surface area contributed by atoms with Gasteiger partial charge >= 0.3 is 5.96 Å². The molecule has 1 aromatic rings. The fraction of sp³-hybridized carbons (Fsp3) is 0.577. The van der Waals surface area contributed by atoms with Crippen LogP contribution in [0.3, 0.4) is 0 Å². The van der Waals surface area contributed by atoms with Gasteiger partial charge in [0.1, 0.15) is 18.1 Å². The largest absolute Gasteiger partial charge is 0.370 e. The topological polar surface area (TPSA) is 198 Å². The lowest BCUT2D eigenvalue weighted by Gasteiger charge is -2.44. The van der Waals surface area contributed by atoms with E-state index >= 15 is 0 Å². The van der Waals surface area contributed by atoms with Crippen LogP contribution in [0, 0.1) is 0 Å². The summed E-state index contributed by atoms with van der Waals surface area (Å²) in [5.74, 6) is -3.54. The molecule has 0 radical (unpaired) electrons. The lowest BCUT2D eigenvalue weighted by molar-refractivity contribution is -0.623. The fourth-order valence-electron chi connectivity index (χ4n) is 7.75. The van der Waals surface area contributed by atoms with E-state index in [1.807, 2.05) is 6.07 Å². The molecule has 4 atom stereocenters. The number of carbonyl (C=O) groups is 3. The van der Waals surface area contributed by atoms with Gasteiger partial charge in [0.2, 0.25) is 23.3 Å². The lowest BCUT2D eigenvalue weighted by atomic mass is 9.65. The molecule has 39 heavy (non-hydrogen) atoms. The van der Waals surface area contributed by atoms with Crippen molar-refractivity contribution >= 4 is 29.6 Å². The molecule has 9 N–H and O–H groups in total.